The van der Waals surface area contributed by atoms with E-state index in [1.807, 2.05) is 0 Å². The molecule has 3 aromatic rings. The highest BCUT2D eigenvalue weighted by Gasteiger charge is 2.12. The van der Waals surface area contributed by atoms with Crippen molar-refractivity contribution in [2.45, 2.75) is 6.54 Å². The summed E-state index contributed by atoms with van der Waals surface area (Å²) < 4.78 is 5.06. The molecule has 2 aromatic heterocycles. The van der Waals surface area contributed by atoms with Crippen LogP contribution in [-0.2, 0) is 6.54 Å². The third-order valence-corrected chi connectivity index (χ3v) is 2.87. The Hall–Kier alpha value is -2.74. The van der Waals surface area contributed by atoms with Crippen LogP contribution in [-0.4, -0.2) is 31.5 Å². The summed E-state index contributed by atoms with van der Waals surface area (Å²) in [6, 6.07) is 7.04. The second kappa shape index (κ2) is 5.71. The molecule has 2 heterocycles. The van der Waals surface area contributed by atoms with Gasteiger partial charge in [-0.05, 0) is 24.3 Å². The van der Waals surface area contributed by atoms with Gasteiger partial charge in [0, 0.05) is 10.6 Å². The number of aromatic nitrogens is 5. The van der Waals surface area contributed by atoms with Crippen LogP contribution in [0.3, 0.4) is 0 Å². The summed E-state index contributed by atoms with van der Waals surface area (Å²) in [4.78, 5) is 15.8. The number of halogens is 1. The van der Waals surface area contributed by atoms with Crippen molar-refractivity contribution in [3.8, 4) is 11.4 Å². The average molecular weight is 305 g/mol. The molecule has 9 heteroatoms. The summed E-state index contributed by atoms with van der Waals surface area (Å²) in [5.74, 6) is 0.337. The van der Waals surface area contributed by atoms with E-state index in [-0.39, 0.29) is 24.0 Å². The molecule has 0 aliphatic carbocycles. The van der Waals surface area contributed by atoms with E-state index in [2.05, 4.69) is 30.9 Å². The summed E-state index contributed by atoms with van der Waals surface area (Å²) in [5.41, 5.74) is 0.963. The molecule has 0 unspecified atom stereocenters. The summed E-state index contributed by atoms with van der Waals surface area (Å²) >= 11 is 5.81. The van der Waals surface area contributed by atoms with E-state index < -0.39 is 0 Å². The molecule has 0 fully saturated rings. The maximum absolute atomic E-state index is 11.7. The zero-order chi connectivity index (χ0) is 14.7. The van der Waals surface area contributed by atoms with E-state index in [0.29, 0.717) is 10.8 Å². The topological polar surface area (TPSA) is 110 Å². The van der Waals surface area contributed by atoms with Crippen LogP contribution in [0.15, 0.2) is 35.0 Å². The Balaban J connectivity index is 1.65. The van der Waals surface area contributed by atoms with Gasteiger partial charge >= 0.3 is 0 Å². The molecule has 0 bridgehead atoms. The molecule has 0 aliphatic heterocycles. The highest BCUT2D eigenvalue weighted by molar-refractivity contribution is 6.30. The van der Waals surface area contributed by atoms with Crippen LogP contribution < -0.4 is 5.32 Å². The number of rotatable bonds is 4. The molecule has 0 saturated carbocycles. The minimum Gasteiger partial charge on any atom is -0.342 e. The van der Waals surface area contributed by atoms with Gasteiger partial charge in [0.1, 0.15) is 0 Å². The van der Waals surface area contributed by atoms with Gasteiger partial charge < -0.3 is 9.84 Å². The molecule has 106 valence electrons. The molecule has 1 aromatic carbocycles. The summed E-state index contributed by atoms with van der Waals surface area (Å²) in [6.07, 6.45) is 1.32. The number of nitrogens with zero attached hydrogens (tertiary/aromatic N) is 4. The molecule has 1 amide bonds. The van der Waals surface area contributed by atoms with Crippen molar-refractivity contribution in [2.75, 3.05) is 0 Å². The Morgan fingerprint density at radius 2 is 2.14 bits per heavy atom. The molecular weight excluding hydrogens is 296 g/mol. The third-order valence-electron chi connectivity index (χ3n) is 2.62. The normalized spacial score (nSPS) is 10.5. The van der Waals surface area contributed by atoms with E-state index in [4.69, 9.17) is 16.1 Å². The SMILES string of the molecule is O=C(NCc1nc(-c2ccc(Cl)cc2)no1)c1cn[nH]n1. The number of benzene rings is 1. The van der Waals surface area contributed by atoms with E-state index >= 15 is 0 Å². The summed E-state index contributed by atoms with van der Waals surface area (Å²) in [7, 11) is 0. The number of carbonyl (C=O) groups excluding carboxylic acids is 1. The van der Waals surface area contributed by atoms with Crippen LogP contribution in [0.1, 0.15) is 16.4 Å². The fourth-order valence-corrected chi connectivity index (χ4v) is 1.73. The Bertz CT molecular complexity index is 737. The van der Waals surface area contributed by atoms with Crippen LogP contribution in [0.4, 0.5) is 0 Å². The minimum atomic E-state index is -0.380. The molecular formula is C12H9ClN6O2. The van der Waals surface area contributed by atoms with Crippen molar-refractivity contribution in [1.82, 2.24) is 30.9 Å². The van der Waals surface area contributed by atoms with Gasteiger partial charge in [-0.15, -0.1) is 0 Å². The Labute approximate surface area is 123 Å². The standard InChI is InChI=1S/C12H9ClN6O2/c13-8-3-1-7(2-4-8)11-16-10(21-18-11)6-14-12(20)9-5-15-19-17-9/h1-5H,6H2,(H,14,20)(H,15,17,19). The van der Waals surface area contributed by atoms with Crippen LogP contribution in [0.25, 0.3) is 11.4 Å². The molecule has 0 atom stereocenters. The number of hydrogen-bond donors (Lipinski definition) is 2. The van der Waals surface area contributed by atoms with E-state index in [1.165, 1.54) is 6.20 Å². The summed E-state index contributed by atoms with van der Waals surface area (Å²) in [5, 5.41) is 16.6. The molecule has 8 nitrogen and oxygen atoms in total. The maximum Gasteiger partial charge on any atom is 0.273 e. The molecule has 2 N–H and O–H groups in total. The molecule has 21 heavy (non-hydrogen) atoms. The van der Waals surface area contributed by atoms with E-state index in [9.17, 15) is 4.79 Å². The van der Waals surface area contributed by atoms with E-state index in [1.54, 1.807) is 24.3 Å². The molecule has 0 saturated heterocycles. The van der Waals surface area contributed by atoms with Crippen LogP contribution in [0.5, 0.6) is 0 Å². The molecule has 0 spiro atoms. The second-order valence-corrected chi connectivity index (χ2v) is 4.49. The lowest BCUT2D eigenvalue weighted by Crippen LogP contribution is -2.23. The van der Waals surface area contributed by atoms with Gasteiger partial charge in [-0.2, -0.15) is 20.4 Å². The van der Waals surface area contributed by atoms with Gasteiger partial charge in [0.15, 0.2) is 5.69 Å². The number of nitrogens with one attached hydrogen (secondary N) is 2. The first-order valence-corrected chi connectivity index (χ1v) is 6.32. The number of amides is 1. The lowest BCUT2D eigenvalue weighted by molar-refractivity contribution is 0.0941. The number of aromatic amines is 1. The predicted octanol–water partition coefficient (Wildman–Crippen LogP) is 1.44. The zero-order valence-electron chi connectivity index (χ0n) is 10.6. The van der Waals surface area contributed by atoms with Crippen molar-refractivity contribution in [3.63, 3.8) is 0 Å². The minimum absolute atomic E-state index is 0.103. The van der Waals surface area contributed by atoms with Gasteiger partial charge in [-0.25, -0.2) is 0 Å². The maximum atomic E-state index is 11.7. The largest absolute Gasteiger partial charge is 0.342 e. The first-order valence-electron chi connectivity index (χ1n) is 5.95. The third kappa shape index (κ3) is 3.06. The Morgan fingerprint density at radius 1 is 1.33 bits per heavy atom. The van der Waals surface area contributed by atoms with Gasteiger partial charge in [0.25, 0.3) is 5.91 Å². The summed E-state index contributed by atoms with van der Waals surface area (Å²) in [6.45, 7) is 0.103. The van der Waals surface area contributed by atoms with Gasteiger partial charge in [-0.3, -0.25) is 4.79 Å². The van der Waals surface area contributed by atoms with Gasteiger partial charge in [-0.1, -0.05) is 16.8 Å². The fourth-order valence-electron chi connectivity index (χ4n) is 1.60. The number of carbonyl (C=O) groups is 1. The first-order chi connectivity index (χ1) is 10.2. The van der Waals surface area contributed by atoms with Crippen LogP contribution in [0.2, 0.25) is 5.02 Å². The second-order valence-electron chi connectivity index (χ2n) is 4.06. The predicted molar refractivity (Wildman–Crippen MR) is 72.3 cm³/mol. The van der Waals surface area contributed by atoms with Crippen molar-refractivity contribution < 1.29 is 9.32 Å². The molecule has 0 radical (unpaired) electrons. The molecule has 0 aliphatic rings. The number of H-pyrrole nitrogens is 1. The first kappa shape index (κ1) is 13.3. The monoisotopic (exact) mass is 304 g/mol. The van der Waals surface area contributed by atoms with Crippen molar-refractivity contribution in [1.29, 1.82) is 0 Å². The van der Waals surface area contributed by atoms with Crippen LogP contribution in [0, 0.1) is 0 Å². The van der Waals surface area contributed by atoms with Gasteiger partial charge in [0.05, 0.1) is 12.7 Å². The zero-order valence-corrected chi connectivity index (χ0v) is 11.3. The fraction of sp³-hybridized carbons (Fsp3) is 0.0833. The smallest absolute Gasteiger partial charge is 0.273 e. The van der Waals surface area contributed by atoms with Gasteiger partial charge in [0.2, 0.25) is 11.7 Å². The number of hydrogen-bond acceptors (Lipinski definition) is 6. The molecule has 3 rings (SSSR count). The highest BCUT2D eigenvalue weighted by atomic mass is 35.5. The van der Waals surface area contributed by atoms with Crippen molar-refractivity contribution in [2.24, 2.45) is 0 Å². The Morgan fingerprint density at radius 3 is 2.86 bits per heavy atom. The average Bonchev–Trinajstić information content (AvgIpc) is 3.17. The van der Waals surface area contributed by atoms with Crippen molar-refractivity contribution in [3.05, 3.63) is 47.1 Å². The Kier molecular flexibility index (Phi) is 3.61. The quantitative estimate of drug-likeness (QED) is 0.754. The lowest BCUT2D eigenvalue weighted by Gasteiger charge is -1.97. The lowest BCUT2D eigenvalue weighted by atomic mass is 10.2. The van der Waals surface area contributed by atoms with E-state index in [0.717, 1.165) is 5.56 Å². The van der Waals surface area contributed by atoms with Crippen LogP contribution >= 0.6 is 11.6 Å². The van der Waals surface area contributed by atoms with Crippen molar-refractivity contribution >= 4 is 17.5 Å². The highest BCUT2D eigenvalue weighted by Crippen LogP contribution is 2.18.